The molecule has 7 heteroatoms. The molecule has 2 atom stereocenters. The SMILES string of the molecule is O=C(Nc1ncc2c(n1)COC2)C1CC1c1c(F)cccc1F. The number of hydrogen-bond acceptors (Lipinski definition) is 4. The van der Waals surface area contributed by atoms with Gasteiger partial charge in [0, 0.05) is 29.2 Å². The predicted octanol–water partition coefficient (Wildman–Crippen LogP) is 2.53. The average molecular weight is 317 g/mol. The van der Waals surface area contributed by atoms with Crippen molar-refractivity contribution in [3.63, 3.8) is 0 Å². The Labute approximate surface area is 130 Å². The Kier molecular flexibility index (Phi) is 3.30. The highest BCUT2D eigenvalue weighted by atomic mass is 19.1. The molecule has 2 heterocycles. The van der Waals surface area contributed by atoms with Gasteiger partial charge < -0.3 is 4.74 Å². The third kappa shape index (κ3) is 2.57. The molecule has 0 spiro atoms. The number of ether oxygens (including phenoxy) is 1. The molecule has 23 heavy (non-hydrogen) atoms. The largest absolute Gasteiger partial charge is 0.370 e. The molecule has 1 saturated carbocycles. The summed E-state index contributed by atoms with van der Waals surface area (Å²) in [6.07, 6.45) is 2.03. The number of amides is 1. The summed E-state index contributed by atoms with van der Waals surface area (Å²) in [5, 5.41) is 2.61. The summed E-state index contributed by atoms with van der Waals surface area (Å²) in [5.74, 6) is -2.26. The fourth-order valence-electron chi connectivity index (χ4n) is 2.88. The first-order valence-electron chi connectivity index (χ1n) is 7.31. The fourth-order valence-corrected chi connectivity index (χ4v) is 2.88. The highest BCUT2D eigenvalue weighted by Gasteiger charge is 2.46. The van der Waals surface area contributed by atoms with Crippen molar-refractivity contribution in [2.75, 3.05) is 5.32 Å². The van der Waals surface area contributed by atoms with E-state index in [9.17, 15) is 13.6 Å². The van der Waals surface area contributed by atoms with Gasteiger partial charge in [0.2, 0.25) is 11.9 Å². The van der Waals surface area contributed by atoms with Crippen molar-refractivity contribution in [1.29, 1.82) is 0 Å². The van der Waals surface area contributed by atoms with Crippen molar-refractivity contribution < 1.29 is 18.3 Å². The molecule has 1 aromatic heterocycles. The van der Waals surface area contributed by atoms with Gasteiger partial charge in [-0.05, 0) is 18.6 Å². The maximum Gasteiger partial charge on any atom is 0.230 e. The van der Waals surface area contributed by atoms with Gasteiger partial charge in [-0.3, -0.25) is 10.1 Å². The standard InChI is InChI=1S/C16H13F2N3O2/c17-11-2-1-3-12(18)14(11)9-4-10(9)15(22)21-16-19-5-8-6-23-7-13(8)20-16/h1-3,5,9-10H,4,6-7H2,(H,19,20,21,22). The van der Waals surface area contributed by atoms with E-state index < -0.39 is 23.5 Å². The normalized spacial score (nSPS) is 21.8. The van der Waals surface area contributed by atoms with E-state index in [4.69, 9.17) is 4.74 Å². The predicted molar refractivity (Wildman–Crippen MR) is 76.4 cm³/mol. The highest BCUT2D eigenvalue weighted by molar-refractivity contribution is 5.93. The first kappa shape index (κ1) is 14.2. The fraction of sp³-hybridized carbons (Fsp3) is 0.312. The zero-order chi connectivity index (χ0) is 16.0. The summed E-state index contributed by atoms with van der Waals surface area (Å²) in [4.78, 5) is 20.5. The molecule has 4 rings (SSSR count). The van der Waals surface area contributed by atoms with E-state index in [0.29, 0.717) is 19.6 Å². The highest BCUT2D eigenvalue weighted by Crippen LogP contribution is 2.49. The third-order valence-corrected chi connectivity index (χ3v) is 4.18. The summed E-state index contributed by atoms with van der Waals surface area (Å²) in [7, 11) is 0. The van der Waals surface area contributed by atoms with Gasteiger partial charge in [0.15, 0.2) is 0 Å². The smallest absolute Gasteiger partial charge is 0.230 e. The van der Waals surface area contributed by atoms with Crippen LogP contribution >= 0.6 is 0 Å². The van der Waals surface area contributed by atoms with E-state index in [0.717, 1.165) is 11.3 Å². The molecule has 0 bridgehead atoms. The average Bonchev–Trinajstić information content (AvgIpc) is 3.16. The van der Waals surface area contributed by atoms with Gasteiger partial charge in [-0.15, -0.1) is 0 Å². The minimum absolute atomic E-state index is 0.0177. The summed E-state index contributed by atoms with van der Waals surface area (Å²) in [5.41, 5.74) is 1.64. The molecule has 1 aliphatic carbocycles. The maximum atomic E-state index is 13.7. The van der Waals surface area contributed by atoms with Crippen LogP contribution < -0.4 is 5.32 Å². The van der Waals surface area contributed by atoms with E-state index in [1.165, 1.54) is 18.2 Å². The van der Waals surface area contributed by atoms with Gasteiger partial charge in [0.1, 0.15) is 11.6 Å². The number of carbonyl (C=O) groups is 1. The minimum atomic E-state index is -0.615. The first-order chi connectivity index (χ1) is 11.1. The van der Waals surface area contributed by atoms with Crippen molar-refractivity contribution >= 4 is 11.9 Å². The summed E-state index contributed by atoms with van der Waals surface area (Å²) < 4.78 is 32.7. The van der Waals surface area contributed by atoms with E-state index in [-0.39, 0.29) is 17.4 Å². The van der Waals surface area contributed by atoms with E-state index in [1.54, 1.807) is 6.20 Å². The van der Waals surface area contributed by atoms with E-state index in [1.807, 2.05) is 0 Å². The Morgan fingerprint density at radius 1 is 1.26 bits per heavy atom. The number of carbonyl (C=O) groups excluding carboxylic acids is 1. The van der Waals surface area contributed by atoms with E-state index >= 15 is 0 Å². The zero-order valence-corrected chi connectivity index (χ0v) is 12.1. The van der Waals surface area contributed by atoms with Crippen LogP contribution in [-0.4, -0.2) is 15.9 Å². The lowest BCUT2D eigenvalue weighted by molar-refractivity contribution is -0.117. The molecule has 2 aliphatic rings. The number of hydrogen-bond donors (Lipinski definition) is 1. The van der Waals surface area contributed by atoms with Gasteiger partial charge >= 0.3 is 0 Å². The van der Waals surface area contributed by atoms with Crippen LogP contribution in [0, 0.1) is 17.6 Å². The number of nitrogens with one attached hydrogen (secondary N) is 1. The number of rotatable bonds is 3. The molecule has 118 valence electrons. The monoisotopic (exact) mass is 317 g/mol. The van der Waals surface area contributed by atoms with Crippen molar-refractivity contribution in [3.8, 4) is 0 Å². The van der Waals surface area contributed by atoms with Gasteiger partial charge in [-0.1, -0.05) is 6.07 Å². The van der Waals surface area contributed by atoms with Crippen molar-refractivity contribution in [1.82, 2.24) is 9.97 Å². The van der Waals surface area contributed by atoms with Gasteiger partial charge in [0.05, 0.1) is 18.9 Å². The molecule has 0 saturated heterocycles. The Hall–Kier alpha value is -2.41. The number of anilines is 1. The second kappa shape index (κ2) is 5.34. The molecule has 1 N–H and O–H groups in total. The van der Waals surface area contributed by atoms with Crippen LogP contribution in [0.1, 0.15) is 29.2 Å². The number of benzene rings is 1. The Morgan fingerprint density at radius 2 is 2.04 bits per heavy atom. The van der Waals surface area contributed by atoms with Crippen LogP contribution in [0.4, 0.5) is 14.7 Å². The summed E-state index contributed by atoms with van der Waals surface area (Å²) in [6, 6.07) is 3.72. The van der Waals surface area contributed by atoms with Gasteiger partial charge in [-0.2, -0.15) is 0 Å². The molecular weight excluding hydrogens is 304 g/mol. The Balaban J connectivity index is 1.47. The van der Waals surface area contributed by atoms with Crippen LogP contribution in [0.3, 0.4) is 0 Å². The van der Waals surface area contributed by atoms with E-state index in [2.05, 4.69) is 15.3 Å². The lowest BCUT2D eigenvalue weighted by atomic mass is 10.1. The van der Waals surface area contributed by atoms with Crippen molar-refractivity contribution in [2.45, 2.75) is 25.6 Å². The molecule has 2 aromatic rings. The van der Waals surface area contributed by atoms with Crippen molar-refractivity contribution in [2.24, 2.45) is 5.92 Å². The first-order valence-corrected chi connectivity index (χ1v) is 7.31. The Bertz CT molecular complexity index is 777. The van der Waals surface area contributed by atoms with Crippen LogP contribution in [0.5, 0.6) is 0 Å². The molecule has 1 aliphatic heterocycles. The van der Waals surface area contributed by atoms with Gasteiger partial charge in [-0.25, -0.2) is 18.7 Å². The second-order valence-electron chi connectivity index (χ2n) is 5.73. The van der Waals surface area contributed by atoms with Crippen molar-refractivity contribution in [3.05, 3.63) is 52.9 Å². The van der Waals surface area contributed by atoms with Crippen LogP contribution in [-0.2, 0) is 22.7 Å². The quantitative estimate of drug-likeness (QED) is 0.945. The third-order valence-electron chi connectivity index (χ3n) is 4.18. The molecule has 0 radical (unpaired) electrons. The van der Waals surface area contributed by atoms with Gasteiger partial charge in [0.25, 0.3) is 0 Å². The molecule has 1 fully saturated rings. The molecule has 5 nitrogen and oxygen atoms in total. The maximum absolute atomic E-state index is 13.7. The van der Waals surface area contributed by atoms with Crippen LogP contribution in [0.15, 0.2) is 24.4 Å². The molecular formula is C16H13F2N3O2. The topological polar surface area (TPSA) is 64.1 Å². The second-order valence-corrected chi connectivity index (χ2v) is 5.73. The van der Waals surface area contributed by atoms with Crippen LogP contribution in [0.25, 0.3) is 0 Å². The molecule has 2 unspecified atom stereocenters. The zero-order valence-electron chi connectivity index (χ0n) is 12.1. The molecule has 1 amide bonds. The number of aromatic nitrogens is 2. The van der Waals surface area contributed by atoms with Crippen LogP contribution in [0.2, 0.25) is 0 Å². The lowest BCUT2D eigenvalue weighted by Crippen LogP contribution is -2.17. The minimum Gasteiger partial charge on any atom is -0.370 e. The Morgan fingerprint density at radius 3 is 2.83 bits per heavy atom. The summed E-state index contributed by atoms with van der Waals surface area (Å²) in [6.45, 7) is 0.869. The molecule has 1 aromatic carbocycles. The lowest BCUT2D eigenvalue weighted by Gasteiger charge is -2.06. The number of nitrogens with zero attached hydrogens (tertiary/aromatic N) is 2. The number of halogens is 2. The number of fused-ring (bicyclic) bond motifs is 1. The summed E-state index contributed by atoms with van der Waals surface area (Å²) >= 11 is 0.